The minimum Gasteiger partial charge on any atom is -0.382 e. The SMILES string of the molecule is CCOCCC1(CNC(=NC)NCCCC(=O)NC2CC2)CCCC1. The summed E-state index contributed by atoms with van der Waals surface area (Å²) in [6.45, 7) is 5.41. The number of rotatable bonds is 11. The fraction of sp³-hybridized carbons (Fsp3) is 0.895. The molecule has 0 aromatic rings. The van der Waals surface area contributed by atoms with Crippen LogP contribution in [-0.2, 0) is 9.53 Å². The lowest BCUT2D eigenvalue weighted by Crippen LogP contribution is -2.43. The minimum atomic E-state index is 0.174. The first-order valence-corrected chi connectivity index (χ1v) is 9.99. The molecule has 144 valence electrons. The zero-order valence-corrected chi connectivity index (χ0v) is 16.0. The highest BCUT2D eigenvalue weighted by Crippen LogP contribution is 2.40. The van der Waals surface area contributed by atoms with E-state index in [-0.39, 0.29) is 5.91 Å². The second-order valence-electron chi connectivity index (χ2n) is 7.45. The molecule has 2 fully saturated rings. The van der Waals surface area contributed by atoms with Gasteiger partial charge in [0, 0.05) is 45.8 Å². The quantitative estimate of drug-likeness (QED) is 0.303. The molecule has 0 unspecified atom stereocenters. The second-order valence-corrected chi connectivity index (χ2v) is 7.45. The van der Waals surface area contributed by atoms with Crippen LogP contribution >= 0.6 is 0 Å². The molecule has 0 aromatic heterocycles. The smallest absolute Gasteiger partial charge is 0.220 e. The van der Waals surface area contributed by atoms with Crippen molar-refractivity contribution < 1.29 is 9.53 Å². The highest BCUT2D eigenvalue weighted by molar-refractivity contribution is 5.80. The summed E-state index contributed by atoms with van der Waals surface area (Å²) in [5.41, 5.74) is 0.344. The van der Waals surface area contributed by atoms with Crippen LogP contribution in [0.15, 0.2) is 4.99 Å². The largest absolute Gasteiger partial charge is 0.382 e. The van der Waals surface area contributed by atoms with Gasteiger partial charge < -0.3 is 20.7 Å². The molecule has 0 saturated heterocycles. The predicted octanol–water partition coefficient (Wildman–Crippen LogP) is 2.20. The molecule has 6 heteroatoms. The van der Waals surface area contributed by atoms with Gasteiger partial charge in [-0.1, -0.05) is 12.8 Å². The van der Waals surface area contributed by atoms with E-state index in [4.69, 9.17) is 4.74 Å². The monoisotopic (exact) mass is 352 g/mol. The zero-order chi connectivity index (χ0) is 18.0. The molecule has 3 N–H and O–H groups in total. The van der Waals surface area contributed by atoms with Gasteiger partial charge in [-0.3, -0.25) is 9.79 Å². The Morgan fingerprint density at radius 3 is 2.64 bits per heavy atom. The van der Waals surface area contributed by atoms with Crippen LogP contribution in [0.3, 0.4) is 0 Å². The van der Waals surface area contributed by atoms with Crippen LogP contribution in [0.1, 0.15) is 64.7 Å². The Kier molecular flexibility index (Phi) is 8.52. The van der Waals surface area contributed by atoms with E-state index in [1.165, 1.54) is 25.7 Å². The number of aliphatic imine (C=N–C) groups is 1. The van der Waals surface area contributed by atoms with Gasteiger partial charge >= 0.3 is 0 Å². The average molecular weight is 353 g/mol. The number of nitrogens with one attached hydrogen (secondary N) is 3. The average Bonchev–Trinajstić information content (AvgIpc) is 3.30. The molecule has 25 heavy (non-hydrogen) atoms. The molecule has 0 atom stereocenters. The fourth-order valence-corrected chi connectivity index (χ4v) is 3.55. The Hall–Kier alpha value is -1.30. The van der Waals surface area contributed by atoms with Gasteiger partial charge in [0.25, 0.3) is 0 Å². The molecule has 0 aliphatic heterocycles. The maximum absolute atomic E-state index is 11.7. The normalized spacial score (nSPS) is 19.7. The van der Waals surface area contributed by atoms with E-state index in [0.29, 0.717) is 17.9 Å². The van der Waals surface area contributed by atoms with E-state index >= 15 is 0 Å². The van der Waals surface area contributed by atoms with Crippen molar-refractivity contribution >= 4 is 11.9 Å². The van der Waals surface area contributed by atoms with Crippen LogP contribution in [0.25, 0.3) is 0 Å². The maximum Gasteiger partial charge on any atom is 0.220 e. The molecular formula is C19H36N4O2. The zero-order valence-electron chi connectivity index (χ0n) is 16.0. The van der Waals surface area contributed by atoms with E-state index < -0.39 is 0 Å². The molecule has 2 aliphatic carbocycles. The van der Waals surface area contributed by atoms with Gasteiger partial charge in [-0.05, 0) is 50.9 Å². The van der Waals surface area contributed by atoms with Crippen molar-refractivity contribution in [3.05, 3.63) is 0 Å². The first-order valence-electron chi connectivity index (χ1n) is 9.99. The van der Waals surface area contributed by atoms with E-state index in [9.17, 15) is 4.79 Å². The molecule has 0 heterocycles. The molecule has 6 nitrogen and oxygen atoms in total. The van der Waals surface area contributed by atoms with E-state index in [1.807, 2.05) is 0 Å². The van der Waals surface area contributed by atoms with Crippen LogP contribution in [0, 0.1) is 5.41 Å². The van der Waals surface area contributed by atoms with E-state index in [0.717, 1.165) is 57.9 Å². The van der Waals surface area contributed by atoms with Crippen molar-refractivity contribution in [1.82, 2.24) is 16.0 Å². The van der Waals surface area contributed by atoms with Crippen molar-refractivity contribution in [3.63, 3.8) is 0 Å². The van der Waals surface area contributed by atoms with Gasteiger partial charge in [0.05, 0.1) is 0 Å². The summed E-state index contributed by atoms with van der Waals surface area (Å²) < 4.78 is 5.58. The third-order valence-corrected chi connectivity index (χ3v) is 5.32. The van der Waals surface area contributed by atoms with Crippen LogP contribution in [0.4, 0.5) is 0 Å². The molecule has 2 rings (SSSR count). The molecular weight excluding hydrogens is 316 g/mol. The Bertz CT molecular complexity index is 429. The van der Waals surface area contributed by atoms with Crippen molar-refractivity contribution in [3.8, 4) is 0 Å². The summed E-state index contributed by atoms with van der Waals surface area (Å²) in [5.74, 6) is 1.01. The number of guanidine groups is 1. The van der Waals surface area contributed by atoms with Gasteiger partial charge in [0.2, 0.25) is 5.91 Å². The number of amides is 1. The Morgan fingerprint density at radius 1 is 1.24 bits per heavy atom. The third kappa shape index (κ3) is 7.63. The third-order valence-electron chi connectivity index (χ3n) is 5.32. The van der Waals surface area contributed by atoms with Crippen molar-refractivity contribution in [2.45, 2.75) is 70.8 Å². The molecule has 1 amide bonds. The van der Waals surface area contributed by atoms with Gasteiger partial charge in [-0.25, -0.2) is 0 Å². The fourth-order valence-electron chi connectivity index (χ4n) is 3.55. The first kappa shape index (κ1) is 20.0. The lowest BCUT2D eigenvalue weighted by atomic mass is 9.83. The van der Waals surface area contributed by atoms with Crippen molar-refractivity contribution in [1.29, 1.82) is 0 Å². The summed E-state index contributed by atoms with van der Waals surface area (Å²) in [6.07, 6.45) is 9.99. The molecule has 0 radical (unpaired) electrons. The van der Waals surface area contributed by atoms with Gasteiger partial charge in [-0.2, -0.15) is 0 Å². The van der Waals surface area contributed by atoms with Crippen LogP contribution in [0.5, 0.6) is 0 Å². The van der Waals surface area contributed by atoms with E-state index in [1.54, 1.807) is 7.05 Å². The van der Waals surface area contributed by atoms with Gasteiger partial charge in [0.1, 0.15) is 0 Å². The highest BCUT2D eigenvalue weighted by Gasteiger charge is 2.33. The van der Waals surface area contributed by atoms with Crippen LogP contribution < -0.4 is 16.0 Å². The molecule has 0 bridgehead atoms. The summed E-state index contributed by atoms with van der Waals surface area (Å²) in [7, 11) is 1.80. The summed E-state index contributed by atoms with van der Waals surface area (Å²) >= 11 is 0. The Balaban J connectivity index is 1.63. The Morgan fingerprint density at radius 2 is 2.00 bits per heavy atom. The summed E-state index contributed by atoms with van der Waals surface area (Å²) in [5, 5.41) is 9.85. The number of hydrogen-bond acceptors (Lipinski definition) is 3. The number of ether oxygens (including phenoxy) is 1. The number of hydrogen-bond donors (Lipinski definition) is 3. The minimum absolute atomic E-state index is 0.174. The predicted molar refractivity (Wildman–Crippen MR) is 102 cm³/mol. The van der Waals surface area contributed by atoms with Crippen molar-refractivity contribution in [2.24, 2.45) is 10.4 Å². The van der Waals surface area contributed by atoms with Crippen LogP contribution in [-0.4, -0.2) is 51.3 Å². The lowest BCUT2D eigenvalue weighted by molar-refractivity contribution is -0.121. The van der Waals surface area contributed by atoms with Gasteiger partial charge in [0.15, 0.2) is 5.96 Å². The molecule has 2 aliphatic rings. The number of carbonyl (C=O) groups is 1. The number of carbonyl (C=O) groups excluding carboxylic acids is 1. The van der Waals surface area contributed by atoms with Crippen molar-refractivity contribution in [2.75, 3.05) is 33.4 Å². The lowest BCUT2D eigenvalue weighted by Gasteiger charge is -2.30. The Labute approximate surface area is 152 Å². The first-order chi connectivity index (χ1) is 12.2. The molecule has 2 saturated carbocycles. The molecule has 0 spiro atoms. The topological polar surface area (TPSA) is 74.8 Å². The standard InChI is InChI=1S/C19H36N4O2/c1-3-25-14-12-19(10-4-5-11-19)15-22-18(20-2)21-13-6-7-17(24)23-16-8-9-16/h16H,3-15H2,1-2H3,(H,23,24)(H2,20,21,22). The highest BCUT2D eigenvalue weighted by atomic mass is 16.5. The van der Waals surface area contributed by atoms with E-state index in [2.05, 4.69) is 27.9 Å². The number of nitrogens with zero attached hydrogens (tertiary/aromatic N) is 1. The maximum atomic E-state index is 11.7. The summed E-state index contributed by atoms with van der Waals surface area (Å²) in [6, 6.07) is 0.453. The second kappa shape index (κ2) is 10.6. The molecule has 0 aromatic carbocycles. The van der Waals surface area contributed by atoms with Gasteiger partial charge in [-0.15, -0.1) is 0 Å². The van der Waals surface area contributed by atoms with Crippen LogP contribution in [0.2, 0.25) is 0 Å². The summed E-state index contributed by atoms with van der Waals surface area (Å²) in [4.78, 5) is 16.0.